The van der Waals surface area contributed by atoms with Crippen molar-refractivity contribution in [3.8, 4) is 5.75 Å². The fourth-order valence-corrected chi connectivity index (χ4v) is 1.36. The Labute approximate surface area is 93.7 Å². The summed E-state index contributed by atoms with van der Waals surface area (Å²) < 4.78 is 18.2. The molecule has 0 unspecified atom stereocenters. The van der Waals surface area contributed by atoms with Gasteiger partial charge >= 0.3 is 0 Å². The average Bonchev–Trinajstić information content (AvgIpc) is 2.28. The summed E-state index contributed by atoms with van der Waals surface area (Å²) >= 11 is 0. The highest BCUT2D eigenvalue weighted by Gasteiger charge is 1.97. The maximum Gasteiger partial charge on any atom is 0.123 e. The van der Waals surface area contributed by atoms with Crippen molar-refractivity contribution in [1.82, 2.24) is 4.98 Å². The van der Waals surface area contributed by atoms with Gasteiger partial charge in [-0.2, -0.15) is 0 Å². The van der Waals surface area contributed by atoms with E-state index < -0.39 is 0 Å². The number of rotatable bonds is 3. The van der Waals surface area contributed by atoms with Gasteiger partial charge in [0, 0.05) is 18.0 Å². The summed E-state index contributed by atoms with van der Waals surface area (Å²) in [7, 11) is 0. The van der Waals surface area contributed by atoms with Gasteiger partial charge in [-0.3, -0.25) is 4.98 Å². The molecule has 0 fully saturated rings. The normalized spacial score (nSPS) is 10.1. The van der Waals surface area contributed by atoms with Crippen molar-refractivity contribution in [1.29, 1.82) is 0 Å². The lowest BCUT2D eigenvalue weighted by atomic mass is 10.2. The number of hydrogen-bond acceptors (Lipinski definition) is 2. The molecule has 1 aromatic heterocycles. The minimum absolute atomic E-state index is 0.233. The molecule has 0 aliphatic rings. The molecule has 82 valence electrons. The Morgan fingerprint density at radius 2 is 1.94 bits per heavy atom. The first kappa shape index (κ1) is 10.6. The molecule has 1 aromatic carbocycles. The SMILES string of the molecule is Cc1cc(OCc2ccc(F)cc2)ccn1. The molecule has 3 heteroatoms. The minimum atomic E-state index is -0.233. The number of aromatic nitrogens is 1. The van der Waals surface area contributed by atoms with Gasteiger partial charge in [-0.25, -0.2) is 4.39 Å². The monoisotopic (exact) mass is 217 g/mol. The lowest BCUT2D eigenvalue weighted by molar-refractivity contribution is 0.305. The van der Waals surface area contributed by atoms with Gasteiger partial charge < -0.3 is 4.74 Å². The van der Waals surface area contributed by atoms with Gasteiger partial charge in [0.05, 0.1) is 0 Å². The second kappa shape index (κ2) is 4.75. The summed E-state index contributed by atoms with van der Waals surface area (Å²) in [5, 5.41) is 0. The van der Waals surface area contributed by atoms with Crippen molar-refractivity contribution < 1.29 is 9.13 Å². The van der Waals surface area contributed by atoms with Crippen LogP contribution in [0.4, 0.5) is 4.39 Å². The molecule has 0 N–H and O–H groups in total. The van der Waals surface area contributed by atoms with Crippen molar-refractivity contribution in [3.63, 3.8) is 0 Å². The van der Waals surface area contributed by atoms with Crippen molar-refractivity contribution in [3.05, 3.63) is 59.7 Å². The molecule has 0 aliphatic heterocycles. The van der Waals surface area contributed by atoms with Gasteiger partial charge in [0.25, 0.3) is 0 Å². The molecule has 0 aliphatic carbocycles. The first-order valence-corrected chi connectivity index (χ1v) is 5.04. The molecule has 0 radical (unpaired) electrons. The Kier molecular flexibility index (Phi) is 3.15. The van der Waals surface area contributed by atoms with E-state index in [2.05, 4.69) is 4.98 Å². The third-order valence-corrected chi connectivity index (χ3v) is 2.19. The second-order valence-corrected chi connectivity index (χ2v) is 3.55. The van der Waals surface area contributed by atoms with Crippen molar-refractivity contribution in [2.24, 2.45) is 0 Å². The molecule has 0 saturated heterocycles. The maximum atomic E-state index is 12.7. The number of nitrogens with zero attached hydrogens (tertiary/aromatic N) is 1. The largest absolute Gasteiger partial charge is 0.489 e. The summed E-state index contributed by atoms with van der Waals surface area (Å²) in [6.45, 7) is 2.34. The third kappa shape index (κ3) is 2.79. The summed E-state index contributed by atoms with van der Waals surface area (Å²) in [5.41, 5.74) is 1.85. The summed E-state index contributed by atoms with van der Waals surface area (Å²) in [6.07, 6.45) is 1.70. The van der Waals surface area contributed by atoms with Crippen molar-refractivity contribution in [2.75, 3.05) is 0 Å². The molecule has 0 amide bonds. The first-order valence-electron chi connectivity index (χ1n) is 5.04. The minimum Gasteiger partial charge on any atom is -0.489 e. The van der Waals surface area contributed by atoms with Gasteiger partial charge in [-0.15, -0.1) is 0 Å². The Bertz CT molecular complexity index is 468. The molecule has 1 heterocycles. The Morgan fingerprint density at radius 3 is 2.62 bits per heavy atom. The highest BCUT2D eigenvalue weighted by atomic mass is 19.1. The maximum absolute atomic E-state index is 12.7. The van der Waals surface area contributed by atoms with Gasteiger partial charge in [0.1, 0.15) is 18.2 Å². The zero-order valence-corrected chi connectivity index (χ0v) is 8.98. The average molecular weight is 217 g/mol. The van der Waals surface area contributed by atoms with Crippen LogP contribution in [0.15, 0.2) is 42.6 Å². The summed E-state index contributed by atoms with van der Waals surface area (Å²) in [4.78, 5) is 4.08. The van der Waals surface area contributed by atoms with Crippen LogP contribution in [-0.2, 0) is 6.61 Å². The van der Waals surface area contributed by atoms with E-state index in [4.69, 9.17) is 4.74 Å². The van der Waals surface area contributed by atoms with Crippen LogP contribution in [0.25, 0.3) is 0 Å². The first-order chi connectivity index (χ1) is 7.74. The van der Waals surface area contributed by atoms with E-state index in [-0.39, 0.29) is 5.82 Å². The topological polar surface area (TPSA) is 22.1 Å². The Hall–Kier alpha value is -1.90. The zero-order chi connectivity index (χ0) is 11.4. The van der Waals surface area contributed by atoms with E-state index in [1.54, 1.807) is 24.4 Å². The number of pyridine rings is 1. The predicted molar refractivity (Wildman–Crippen MR) is 59.7 cm³/mol. The third-order valence-electron chi connectivity index (χ3n) is 2.19. The lowest BCUT2D eigenvalue weighted by Gasteiger charge is -2.06. The fourth-order valence-electron chi connectivity index (χ4n) is 1.36. The predicted octanol–water partition coefficient (Wildman–Crippen LogP) is 3.11. The molecular formula is C13H12FNO. The van der Waals surface area contributed by atoms with Crippen molar-refractivity contribution >= 4 is 0 Å². The molecule has 2 rings (SSSR count). The molecule has 0 spiro atoms. The van der Waals surface area contributed by atoms with Crippen LogP contribution in [0.2, 0.25) is 0 Å². The van der Waals surface area contributed by atoms with Crippen molar-refractivity contribution in [2.45, 2.75) is 13.5 Å². The van der Waals surface area contributed by atoms with E-state index >= 15 is 0 Å². The smallest absolute Gasteiger partial charge is 0.123 e. The fraction of sp³-hybridized carbons (Fsp3) is 0.154. The van der Waals surface area contributed by atoms with Crippen LogP contribution in [-0.4, -0.2) is 4.98 Å². The van der Waals surface area contributed by atoms with E-state index in [1.807, 2.05) is 13.0 Å². The number of ether oxygens (including phenoxy) is 1. The number of aryl methyl sites for hydroxylation is 1. The molecule has 2 aromatic rings. The Balaban J connectivity index is 1.99. The van der Waals surface area contributed by atoms with Gasteiger partial charge in [-0.1, -0.05) is 12.1 Å². The van der Waals surface area contributed by atoms with Crippen LogP contribution in [0, 0.1) is 12.7 Å². The Morgan fingerprint density at radius 1 is 1.19 bits per heavy atom. The van der Waals surface area contributed by atoms with E-state index in [0.717, 1.165) is 17.0 Å². The molecule has 16 heavy (non-hydrogen) atoms. The highest BCUT2D eigenvalue weighted by molar-refractivity contribution is 5.23. The van der Waals surface area contributed by atoms with Crippen LogP contribution in [0.3, 0.4) is 0 Å². The van der Waals surface area contributed by atoms with Crippen LogP contribution < -0.4 is 4.74 Å². The second-order valence-electron chi connectivity index (χ2n) is 3.55. The number of benzene rings is 1. The van der Waals surface area contributed by atoms with Crippen LogP contribution >= 0.6 is 0 Å². The molecular weight excluding hydrogens is 205 g/mol. The highest BCUT2D eigenvalue weighted by Crippen LogP contribution is 2.13. The van der Waals surface area contributed by atoms with Gasteiger partial charge in [0.15, 0.2) is 0 Å². The zero-order valence-electron chi connectivity index (χ0n) is 8.98. The molecule has 0 saturated carbocycles. The van der Waals surface area contributed by atoms with E-state index in [0.29, 0.717) is 6.61 Å². The quantitative estimate of drug-likeness (QED) is 0.788. The van der Waals surface area contributed by atoms with Crippen LogP contribution in [0.1, 0.15) is 11.3 Å². The van der Waals surface area contributed by atoms with E-state index in [1.165, 1.54) is 12.1 Å². The number of hydrogen-bond donors (Lipinski definition) is 0. The summed E-state index contributed by atoms with van der Waals surface area (Å²) in [5.74, 6) is 0.542. The molecule has 0 bridgehead atoms. The molecule has 0 atom stereocenters. The molecule has 2 nitrogen and oxygen atoms in total. The standard InChI is InChI=1S/C13H12FNO/c1-10-8-13(6-7-15-10)16-9-11-2-4-12(14)5-3-11/h2-8H,9H2,1H3. The van der Waals surface area contributed by atoms with Gasteiger partial charge in [-0.05, 0) is 30.7 Å². The summed E-state index contributed by atoms with van der Waals surface area (Å²) in [6, 6.07) is 9.94. The van der Waals surface area contributed by atoms with Crippen LogP contribution in [0.5, 0.6) is 5.75 Å². The van der Waals surface area contributed by atoms with Gasteiger partial charge in [0.2, 0.25) is 0 Å². The number of halogens is 1. The van der Waals surface area contributed by atoms with E-state index in [9.17, 15) is 4.39 Å². The lowest BCUT2D eigenvalue weighted by Crippen LogP contribution is -1.96.